The molecule has 2 nitrogen and oxygen atoms in total. The van der Waals surface area contributed by atoms with Crippen LogP contribution in [-0.2, 0) is 6.42 Å². The first-order chi connectivity index (χ1) is 12.1. The van der Waals surface area contributed by atoms with Crippen LogP contribution >= 0.6 is 23.2 Å². The molecule has 2 aromatic carbocycles. The van der Waals surface area contributed by atoms with E-state index in [1.165, 1.54) is 23.3 Å². The van der Waals surface area contributed by atoms with E-state index < -0.39 is 0 Å². The fourth-order valence-electron chi connectivity index (χ4n) is 3.23. The van der Waals surface area contributed by atoms with Gasteiger partial charge in [-0.1, -0.05) is 35.3 Å². The van der Waals surface area contributed by atoms with E-state index in [-0.39, 0.29) is 5.82 Å². The van der Waals surface area contributed by atoms with Gasteiger partial charge in [0.2, 0.25) is 0 Å². The summed E-state index contributed by atoms with van der Waals surface area (Å²) in [5.74, 6) is -0.232. The molecule has 0 N–H and O–H groups in total. The molecule has 1 aliphatic carbocycles. The standard InChI is InChI=1S/C20H15Cl2FN2/c21-16-6-9-19(18(22)11-16)25-20-14(2-1-3-15(20)12-24-25)10-13-4-7-17(23)8-5-13/h4-12H,1-3H2. The first-order valence-electron chi connectivity index (χ1n) is 8.10. The molecule has 25 heavy (non-hydrogen) atoms. The Balaban J connectivity index is 1.83. The lowest BCUT2D eigenvalue weighted by Crippen LogP contribution is -2.07. The van der Waals surface area contributed by atoms with Crippen LogP contribution in [0.25, 0.3) is 17.3 Å². The summed E-state index contributed by atoms with van der Waals surface area (Å²) in [6, 6.07) is 11.9. The molecule has 0 saturated heterocycles. The number of halogens is 3. The third-order valence-electron chi connectivity index (χ3n) is 4.39. The molecule has 0 spiro atoms. The molecular weight excluding hydrogens is 358 g/mol. The Morgan fingerprint density at radius 1 is 1.04 bits per heavy atom. The van der Waals surface area contributed by atoms with Crippen LogP contribution in [0.15, 0.2) is 48.7 Å². The van der Waals surface area contributed by atoms with Crippen LogP contribution in [0.5, 0.6) is 0 Å². The first-order valence-corrected chi connectivity index (χ1v) is 8.86. The number of fused-ring (bicyclic) bond motifs is 1. The highest BCUT2D eigenvalue weighted by molar-refractivity contribution is 6.35. The summed E-state index contributed by atoms with van der Waals surface area (Å²) in [5, 5.41) is 5.71. The van der Waals surface area contributed by atoms with Crippen LogP contribution in [0.2, 0.25) is 10.0 Å². The Morgan fingerprint density at radius 3 is 2.60 bits per heavy atom. The molecule has 0 bridgehead atoms. The number of rotatable bonds is 2. The molecule has 0 unspecified atom stereocenters. The van der Waals surface area contributed by atoms with Crippen molar-refractivity contribution in [2.45, 2.75) is 19.3 Å². The van der Waals surface area contributed by atoms with Gasteiger partial charge in [-0.2, -0.15) is 5.10 Å². The molecule has 0 saturated carbocycles. The highest BCUT2D eigenvalue weighted by Crippen LogP contribution is 2.35. The Hall–Kier alpha value is -2.10. The van der Waals surface area contributed by atoms with Crippen molar-refractivity contribution in [2.24, 2.45) is 0 Å². The largest absolute Gasteiger partial charge is 0.232 e. The fourth-order valence-corrected chi connectivity index (χ4v) is 3.72. The summed E-state index contributed by atoms with van der Waals surface area (Å²) in [4.78, 5) is 0. The quantitative estimate of drug-likeness (QED) is 0.523. The average molecular weight is 373 g/mol. The lowest BCUT2D eigenvalue weighted by molar-refractivity contribution is 0.628. The van der Waals surface area contributed by atoms with Crippen molar-refractivity contribution in [3.63, 3.8) is 0 Å². The van der Waals surface area contributed by atoms with Gasteiger partial charge in [-0.25, -0.2) is 9.07 Å². The lowest BCUT2D eigenvalue weighted by atomic mass is 9.91. The summed E-state index contributed by atoms with van der Waals surface area (Å²) < 4.78 is 15.0. The summed E-state index contributed by atoms with van der Waals surface area (Å²) in [6.45, 7) is 0. The minimum absolute atomic E-state index is 0.232. The van der Waals surface area contributed by atoms with E-state index in [1.54, 1.807) is 18.2 Å². The van der Waals surface area contributed by atoms with Crippen LogP contribution in [0.1, 0.15) is 29.7 Å². The van der Waals surface area contributed by atoms with Crippen molar-refractivity contribution >= 4 is 34.9 Å². The topological polar surface area (TPSA) is 17.8 Å². The van der Waals surface area contributed by atoms with E-state index in [0.717, 1.165) is 36.2 Å². The number of aryl methyl sites for hydroxylation is 1. The van der Waals surface area contributed by atoms with E-state index in [1.807, 2.05) is 23.0 Å². The monoisotopic (exact) mass is 372 g/mol. The number of benzene rings is 2. The van der Waals surface area contributed by atoms with Crippen LogP contribution in [0.3, 0.4) is 0 Å². The van der Waals surface area contributed by atoms with Gasteiger partial charge in [-0.05, 0) is 72.4 Å². The maximum absolute atomic E-state index is 13.2. The number of aromatic nitrogens is 2. The normalized spacial score (nSPS) is 15.4. The van der Waals surface area contributed by atoms with E-state index in [9.17, 15) is 4.39 Å². The SMILES string of the molecule is Fc1ccc(C=C2CCCc3cnn(-c4ccc(Cl)cc4Cl)c32)cc1. The molecule has 4 rings (SSSR count). The van der Waals surface area contributed by atoms with Gasteiger partial charge in [0, 0.05) is 5.02 Å². The maximum atomic E-state index is 13.2. The molecule has 0 aliphatic heterocycles. The molecule has 0 amide bonds. The van der Waals surface area contributed by atoms with Gasteiger partial charge in [0.15, 0.2) is 0 Å². The number of hydrogen-bond acceptors (Lipinski definition) is 1. The van der Waals surface area contributed by atoms with Crippen LogP contribution in [0, 0.1) is 5.82 Å². The zero-order valence-electron chi connectivity index (χ0n) is 13.3. The lowest BCUT2D eigenvalue weighted by Gasteiger charge is -2.18. The minimum Gasteiger partial charge on any atom is -0.232 e. The molecular formula is C20H15Cl2FN2. The van der Waals surface area contributed by atoms with Gasteiger partial charge in [0.05, 0.1) is 22.6 Å². The summed E-state index contributed by atoms with van der Waals surface area (Å²) in [6.07, 6.45) is 7.00. The molecule has 5 heteroatoms. The van der Waals surface area contributed by atoms with Crippen molar-refractivity contribution in [3.05, 3.63) is 81.3 Å². The van der Waals surface area contributed by atoms with Crippen molar-refractivity contribution in [3.8, 4) is 5.69 Å². The molecule has 0 fully saturated rings. The molecule has 0 atom stereocenters. The van der Waals surface area contributed by atoms with Gasteiger partial charge in [-0.15, -0.1) is 0 Å². The van der Waals surface area contributed by atoms with Crippen molar-refractivity contribution in [2.75, 3.05) is 0 Å². The molecule has 1 aromatic heterocycles. The predicted octanol–water partition coefficient (Wildman–Crippen LogP) is 6.20. The fraction of sp³-hybridized carbons (Fsp3) is 0.150. The van der Waals surface area contributed by atoms with E-state index in [0.29, 0.717) is 10.0 Å². The minimum atomic E-state index is -0.232. The van der Waals surface area contributed by atoms with Gasteiger partial charge in [0.25, 0.3) is 0 Å². The third kappa shape index (κ3) is 3.22. The third-order valence-corrected chi connectivity index (χ3v) is 4.93. The smallest absolute Gasteiger partial charge is 0.123 e. The summed E-state index contributed by atoms with van der Waals surface area (Å²) in [5.41, 5.74) is 5.22. The average Bonchev–Trinajstić information content (AvgIpc) is 3.02. The van der Waals surface area contributed by atoms with Crippen LogP contribution in [-0.4, -0.2) is 9.78 Å². The second-order valence-corrected chi connectivity index (χ2v) is 6.94. The molecule has 126 valence electrons. The Kier molecular flexibility index (Phi) is 4.36. The number of allylic oxidation sites excluding steroid dienone is 1. The van der Waals surface area contributed by atoms with Gasteiger partial charge >= 0.3 is 0 Å². The van der Waals surface area contributed by atoms with Crippen LogP contribution in [0.4, 0.5) is 4.39 Å². The van der Waals surface area contributed by atoms with Gasteiger partial charge < -0.3 is 0 Å². The second-order valence-electron chi connectivity index (χ2n) is 6.10. The van der Waals surface area contributed by atoms with Crippen molar-refractivity contribution < 1.29 is 4.39 Å². The Bertz CT molecular complexity index is 958. The Labute approximate surface area is 155 Å². The van der Waals surface area contributed by atoms with Gasteiger partial charge in [0.1, 0.15) is 5.82 Å². The molecule has 0 radical (unpaired) electrons. The predicted molar refractivity (Wildman–Crippen MR) is 101 cm³/mol. The first kappa shape index (κ1) is 16.4. The van der Waals surface area contributed by atoms with E-state index >= 15 is 0 Å². The van der Waals surface area contributed by atoms with Crippen molar-refractivity contribution in [1.29, 1.82) is 0 Å². The summed E-state index contributed by atoms with van der Waals surface area (Å²) in [7, 11) is 0. The van der Waals surface area contributed by atoms with Crippen molar-refractivity contribution in [1.82, 2.24) is 9.78 Å². The van der Waals surface area contributed by atoms with Crippen LogP contribution < -0.4 is 0 Å². The van der Waals surface area contributed by atoms with E-state index in [2.05, 4.69) is 11.2 Å². The maximum Gasteiger partial charge on any atom is 0.123 e. The number of nitrogens with zero attached hydrogens (tertiary/aromatic N) is 2. The number of hydrogen-bond donors (Lipinski definition) is 0. The highest BCUT2D eigenvalue weighted by atomic mass is 35.5. The molecule has 3 aromatic rings. The summed E-state index contributed by atoms with van der Waals surface area (Å²) >= 11 is 12.4. The van der Waals surface area contributed by atoms with Gasteiger partial charge in [-0.3, -0.25) is 0 Å². The zero-order chi connectivity index (χ0) is 17.4. The molecule has 1 heterocycles. The zero-order valence-corrected chi connectivity index (χ0v) is 14.9. The van der Waals surface area contributed by atoms with E-state index in [4.69, 9.17) is 23.2 Å². The molecule has 1 aliphatic rings. The Morgan fingerprint density at radius 2 is 1.84 bits per heavy atom. The highest BCUT2D eigenvalue weighted by Gasteiger charge is 2.21. The second kappa shape index (κ2) is 6.66.